The molecule has 5 nitrogen and oxygen atoms in total. The van der Waals surface area contributed by atoms with E-state index in [0.717, 1.165) is 35.2 Å². The number of hydrogen-bond donors (Lipinski definition) is 0. The lowest BCUT2D eigenvalue weighted by molar-refractivity contribution is -0.117. The van der Waals surface area contributed by atoms with Gasteiger partial charge in [-0.3, -0.25) is 4.79 Å². The van der Waals surface area contributed by atoms with E-state index in [0.29, 0.717) is 19.6 Å². The summed E-state index contributed by atoms with van der Waals surface area (Å²) >= 11 is 0. The van der Waals surface area contributed by atoms with E-state index in [2.05, 4.69) is 28.8 Å². The molecule has 0 spiro atoms. The molecule has 2 fully saturated rings. The average Bonchev–Trinajstić information content (AvgIpc) is 3.39. The van der Waals surface area contributed by atoms with Crippen LogP contribution in [0.3, 0.4) is 0 Å². The smallest absolute Gasteiger partial charge is 0.227 e. The van der Waals surface area contributed by atoms with Crippen molar-refractivity contribution in [1.82, 2.24) is 9.55 Å². The molecule has 1 aromatic heterocycles. The van der Waals surface area contributed by atoms with E-state index in [9.17, 15) is 4.79 Å². The molecule has 0 radical (unpaired) electrons. The summed E-state index contributed by atoms with van der Waals surface area (Å²) in [6.45, 7) is 4.19. The van der Waals surface area contributed by atoms with Crippen LogP contribution in [-0.4, -0.2) is 28.6 Å². The van der Waals surface area contributed by atoms with E-state index < -0.39 is 0 Å². The minimum absolute atomic E-state index is 0.0935. The van der Waals surface area contributed by atoms with Crippen LogP contribution in [0, 0.1) is 5.92 Å². The third-order valence-electron chi connectivity index (χ3n) is 7.12. The molecule has 2 aromatic carbocycles. The number of imidazole rings is 1. The molecule has 0 bridgehead atoms. The Labute approximate surface area is 190 Å². The number of nitrogens with zero attached hydrogens (tertiary/aromatic N) is 3. The molecule has 32 heavy (non-hydrogen) atoms. The summed E-state index contributed by atoms with van der Waals surface area (Å²) in [5.74, 6) is 2.89. The quantitative estimate of drug-likeness (QED) is 0.466. The molecule has 168 valence electrons. The van der Waals surface area contributed by atoms with Crippen LogP contribution >= 0.6 is 0 Å². The van der Waals surface area contributed by atoms with Gasteiger partial charge in [0.1, 0.15) is 11.6 Å². The Morgan fingerprint density at radius 2 is 1.81 bits per heavy atom. The standard InChI is InChI=1S/C27H33N3O2/c1-2-32-25-15-9-8-14-24(25)30-19-21(18-26(30)31)27-28-22-12-6-7-13-23(22)29(27)17-16-20-10-4-3-5-11-20/h6-9,12-15,20-21H,2-5,10-11,16-19H2,1H3/t21-/m1/s1. The maximum Gasteiger partial charge on any atom is 0.227 e. The van der Waals surface area contributed by atoms with E-state index in [1.54, 1.807) is 0 Å². The van der Waals surface area contributed by atoms with E-state index in [1.807, 2.05) is 36.1 Å². The molecule has 0 N–H and O–H groups in total. The highest BCUT2D eigenvalue weighted by Crippen LogP contribution is 2.37. The van der Waals surface area contributed by atoms with E-state index in [-0.39, 0.29) is 11.8 Å². The molecule has 5 heteroatoms. The van der Waals surface area contributed by atoms with Crippen LogP contribution < -0.4 is 9.64 Å². The zero-order valence-electron chi connectivity index (χ0n) is 19.0. The third kappa shape index (κ3) is 4.13. The van der Waals surface area contributed by atoms with Crippen LogP contribution in [0.25, 0.3) is 11.0 Å². The predicted molar refractivity (Wildman–Crippen MR) is 128 cm³/mol. The Kier molecular flexibility index (Phi) is 6.15. The average molecular weight is 432 g/mol. The van der Waals surface area contributed by atoms with Gasteiger partial charge in [-0.25, -0.2) is 4.98 Å². The van der Waals surface area contributed by atoms with Gasteiger partial charge in [0.2, 0.25) is 5.91 Å². The van der Waals surface area contributed by atoms with E-state index >= 15 is 0 Å². The summed E-state index contributed by atoms with van der Waals surface area (Å²) in [4.78, 5) is 20.0. The summed E-state index contributed by atoms with van der Waals surface area (Å²) in [6, 6.07) is 16.3. The lowest BCUT2D eigenvalue weighted by atomic mass is 9.87. The number of anilines is 1. The summed E-state index contributed by atoms with van der Waals surface area (Å²) < 4.78 is 8.20. The molecule has 1 amide bonds. The third-order valence-corrected chi connectivity index (χ3v) is 7.12. The summed E-state index contributed by atoms with van der Waals surface area (Å²) in [6.07, 6.45) is 8.52. The van der Waals surface area contributed by atoms with Crippen molar-refractivity contribution in [2.45, 2.75) is 64.3 Å². The molecule has 5 rings (SSSR count). The van der Waals surface area contributed by atoms with Crippen LogP contribution in [0.15, 0.2) is 48.5 Å². The maximum absolute atomic E-state index is 13.1. The highest BCUT2D eigenvalue weighted by atomic mass is 16.5. The second kappa shape index (κ2) is 9.35. The normalized spacial score (nSPS) is 19.7. The number of hydrogen-bond acceptors (Lipinski definition) is 3. The first kappa shape index (κ1) is 21.0. The SMILES string of the molecule is CCOc1ccccc1N1C[C@H](c2nc3ccccc3n2CCC2CCCCC2)CC1=O. The monoisotopic (exact) mass is 431 g/mol. The molecule has 1 saturated heterocycles. The van der Waals surface area contributed by atoms with Crippen molar-refractivity contribution in [3.63, 3.8) is 0 Å². The van der Waals surface area contributed by atoms with Gasteiger partial charge in [0.25, 0.3) is 0 Å². The van der Waals surface area contributed by atoms with Gasteiger partial charge >= 0.3 is 0 Å². The first-order valence-corrected chi connectivity index (χ1v) is 12.2. The lowest BCUT2D eigenvalue weighted by Gasteiger charge is -2.23. The largest absolute Gasteiger partial charge is 0.492 e. The van der Waals surface area contributed by atoms with Crippen molar-refractivity contribution in [1.29, 1.82) is 0 Å². The first-order chi connectivity index (χ1) is 15.7. The number of carbonyl (C=O) groups is 1. The van der Waals surface area contributed by atoms with Crippen molar-refractivity contribution < 1.29 is 9.53 Å². The molecule has 2 heterocycles. The maximum atomic E-state index is 13.1. The number of para-hydroxylation sites is 4. The fraction of sp³-hybridized carbons (Fsp3) is 0.481. The van der Waals surface area contributed by atoms with Crippen LogP contribution in [0.2, 0.25) is 0 Å². The first-order valence-electron chi connectivity index (χ1n) is 12.2. The van der Waals surface area contributed by atoms with Gasteiger partial charge in [-0.05, 0) is 43.5 Å². The van der Waals surface area contributed by atoms with Gasteiger partial charge in [0.05, 0.1) is 23.3 Å². The summed E-state index contributed by atoms with van der Waals surface area (Å²) in [5, 5.41) is 0. The number of aromatic nitrogens is 2. The van der Waals surface area contributed by atoms with Gasteiger partial charge in [0.15, 0.2) is 0 Å². The molecule has 0 unspecified atom stereocenters. The number of amides is 1. The number of aryl methyl sites for hydroxylation is 1. The molecule has 1 aliphatic carbocycles. The zero-order chi connectivity index (χ0) is 21.9. The molecular formula is C27H33N3O2. The number of carbonyl (C=O) groups excluding carboxylic acids is 1. The van der Waals surface area contributed by atoms with Crippen molar-refractivity contribution in [2.24, 2.45) is 5.92 Å². The molecule has 1 saturated carbocycles. The minimum atomic E-state index is 0.0935. The van der Waals surface area contributed by atoms with Crippen molar-refractivity contribution in [3.8, 4) is 5.75 Å². The second-order valence-electron chi connectivity index (χ2n) is 9.21. The number of ether oxygens (including phenoxy) is 1. The highest BCUT2D eigenvalue weighted by molar-refractivity contribution is 5.97. The van der Waals surface area contributed by atoms with Crippen molar-refractivity contribution in [3.05, 3.63) is 54.4 Å². The molecular weight excluding hydrogens is 398 g/mol. The van der Waals surface area contributed by atoms with Crippen molar-refractivity contribution in [2.75, 3.05) is 18.1 Å². The van der Waals surface area contributed by atoms with Crippen LogP contribution in [0.5, 0.6) is 5.75 Å². The molecule has 2 aliphatic rings. The second-order valence-corrected chi connectivity index (χ2v) is 9.21. The Morgan fingerprint density at radius 3 is 2.66 bits per heavy atom. The predicted octanol–water partition coefficient (Wildman–Crippen LogP) is 5.93. The fourth-order valence-electron chi connectivity index (χ4n) is 5.50. The minimum Gasteiger partial charge on any atom is -0.492 e. The summed E-state index contributed by atoms with van der Waals surface area (Å²) in [5.41, 5.74) is 3.09. The van der Waals surface area contributed by atoms with Crippen molar-refractivity contribution >= 4 is 22.6 Å². The number of fused-ring (bicyclic) bond motifs is 1. The Bertz CT molecular complexity index is 1080. The van der Waals surface area contributed by atoms with E-state index in [1.165, 1.54) is 44.0 Å². The fourth-order valence-corrected chi connectivity index (χ4v) is 5.50. The van der Waals surface area contributed by atoms with Gasteiger partial charge in [-0.15, -0.1) is 0 Å². The van der Waals surface area contributed by atoms with Crippen LogP contribution in [0.4, 0.5) is 5.69 Å². The van der Waals surface area contributed by atoms with Gasteiger partial charge in [-0.1, -0.05) is 56.4 Å². The Hall–Kier alpha value is -2.82. The van der Waals surface area contributed by atoms with Gasteiger partial charge < -0.3 is 14.2 Å². The van der Waals surface area contributed by atoms with Crippen LogP contribution in [-0.2, 0) is 11.3 Å². The van der Waals surface area contributed by atoms with E-state index in [4.69, 9.17) is 9.72 Å². The molecule has 1 atom stereocenters. The summed E-state index contributed by atoms with van der Waals surface area (Å²) in [7, 11) is 0. The highest BCUT2D eigenvalue weighted by Gasteiger charge is 2.36. The topological polar surface area (TPSA) is 47.4 Å². The number of rotatable bonds is 7. The Morgan fingerprint density at radius 1 is 1.03 bits per heavy atom. The van der Waals surface area contributed by atoms with Gasteiger partial charge in [-0.2, -0.15) is 0 Å². The molecule has 3 aromatic rings. The lowest BCUT2D eigenvalue weighted by Crippen LogP contribution is -2.25. The number of benzene rings is 2. The van der Waals surface area contributed by atoms with Gasteiger partial charge in [0, 0.05) is 25.4 Å². The zero-order valence-corrected chi connectivity index (χ0v) is 19.0. The van der Waals surface area contributed by atoms with Crippen LogP contribution in [0.1, 0.15) is 63.6 Å². The Balaban J connectivity index is 1.42. The molecule has 1 aliphatic heterocycles.